The molecule has 0 unspecified atom stereocenters. The van der Waals surface area contributed by atoms with Gasteiger partial charge in [-0.25, -0.2) is 15.3 Å². The monoisotopic (exact) mass is 1060 g/mol. The minimum Gasteiger partial charge on any atom is -0.250 e. The Morgan fingerprint density at radius 2 is 0.641 bits per heavy atom. The molecule has 0 saturated heterocycles. The van der Waals surface area contributed by atoms with Crippen LogP contribution in [0.25, 0.3) is 50.3 Å². The Balaban J connectivity index is 0.000000158. The number of pyridine rings is 3. The average molecular weight is 1060 g/mol. The molecule has 0 spiro atoms. The van der Waals surface area contributed by atoms with Crippen molar-refractivity contribution in [1.29, 1.82) is 0 Å². The van der Waals surface area contributed by atoms with Crippen LogP contribution >= 0.6 is 0 Å². The van der Waals surface area contributed by atoms with Crippen molar-refractivity contribution in [2.24, 2.45) is 0 Å². The average Bonchev–Trinajstić information content (AvgIpc) is 3.95. The van der Waals surface area contributed by atoms with E-state index in [-0.39, 0.29) is 53.9 Å². The van der Waals surface area contributed by atoms with Crippen LogP contribution in [-0.2, 0) is 38.6 Å². The minimum atomic E-state index is -4.42. The topological polar surface area (TPSA) is 51.9 Å². The largest absolute Gasteiger partial charge is 3.00 e. The predicted octanol–water partition coefficient (Wildman–Crippen LogP) is 13.3. The van der Waals surface area contributed by atoms with Crippen LogP contribution in [0.5, 0.6) is 0 Å². The zero-order valence-corrected chi connectivity index (χ0v) is 37.2. The maximum atomic E-state index is 13.1. The van der Waals surface area contributed by atoms with Gasteiger partial charge in [-0.1, -0.05) is 18.2 Å². The maximum Gasteiger partial charge on any atom is 3.00 e. The van der Waals surface area contributed by atoms with Crippen LogP contribution in [0.3, 0.4) is 0 Å². The van der Waals surface area contributed by atoms with Crippen LogP contribution in [0.15, 0.2) is 110 Å². The summed E-state index contributed by atoms with van der Waals surface area (Å²) >= 11 is 0. The van der Waals surface area contributed by atoms with Crippen molar-refractivity contribution in [1.82, 2.24) is 28.8 Å². The fraction of sp³-hybridized carbons (Fsp3) is 0.188. The SMILES string of the molecule is Cc1cc2cc(-c3[c-]cccc3C(F)(F)F)nn2cc1C.Cc1cc2cc(-c3[c-]cccc3C(F)(F)F)nn2cc1C.Cc1cc2cc(-c3[c-]cccc3C(F)(F)F)nn2cc1C.[Ir+3]. The normalized spacial score (nSPS) is 11.9. The fourth-order valence-electron chi connectivity index (χ4n) is 6.74. The first-order valence-electron chi connectivity index (χ1n) is 19.2. The summed E-state index contributed by atoms with van der Waals surface area (Å²) in [5.41, 5.74) is 7.18. The van der Waals surface area contributed by atoms with Crippen molar-refractivity contribution < 1.29 is 59.6 Å². The van der Waals surface area contributed by atoms with Gasteiger partial charge in [0.2, 0.25) is 0 Å². The molecule has 64 heavy (non-hydrogen) atoms. The molecule has 0 N–H and O–H groups in total. The summed E-state index contributed by atoms with van der Waals surface area (Å²) in [6.45, 7) is 11.7. The number of benzene rings is 3. The van der Waals surface area contributed by atoms with E-state index in [1.807, 2.05) is 78.3 Å². The van der Waals surface area contributed by atoms with Crippen molar-refractivity contribution in [2.75, 3.05) is 0 Å². The molecule has 6 heterocycles. The van der Waals surface area contributed by atoms with E-state index in [0.717, 1.165) is 68.1 Å². The number of halogens is 9. The van der Waals surface area contributed by atoms with Crippen LogP contribution in [-0.4, -0.2) is 28.8 Å². The van der Waals surface area contributed by atoms with Gasteiger partial charge in [-0.15, -0.1) is 89.5 Å². The minimum absolute atomic E-state index is 0. The third-order valence-corrected chi connectivity index (χ3v) is 10.5. The molecule has 3 aromatic carbocycles. The van der Waals surface area contributed by atoms with Crippen molar-refractivity contribution in [3.8, 4) is 33.8 Å². The Morgan fingerprint density at radius 1 is 0.391 bits per heavy atom. The molecule has 0 radical (unpaired) electrons. The molecule has 6 aromatic heterocycles. The van der Waals surface area contributed by atoms with Crippen LogP contribution in [0.2, 0.25) is 0 Å². The standard InChI is InChI=1S/3C16H12F3N2.Ir/c3*1-10-7-12-8-15(20-21(12)9-11(10)2)13-5-3-4-6-14(13)16(17,18)19;/h3*3-4,6-9H,1-2H3;/q3*-1;+3. The van der Waals surface area contributed by atoms with Crippen molar-refractivity contribution in [2.45, 2.75) is 60.1 Å². The fourth-order valence-corrected chi connectivity index (χ4v) is 6.74. The third kappa shape index (κ3) is 10.1. The molecule has 0 bridgehead atoms. The first-order valence-corrected chi connectivity index (χ1v) is 19.2. The summed E-state index contributed by atoms with van der Waals surface area (Å²) in [6.07, 6.45) is -7.84. The van der Waals surface area contributed by atoms with Gasteiger partial charge in [0.05, 0.1) is 16.6 Å². The number of fused-ring (bicyclic) bond motifs is 3. The van der Waals surface area contributed by atoms with Gasteiger partial charge >= 0.3 is 38.6 Å². The maximum absolute atomic E-state index is 13.1. The Morgan fingerprint density at radius 3 is 0.875 bits per heavy atom. The molecule has 0 atom stereocenters. The van der Waals surface area contributed by atoms with Gasteiger partial charge in [0.25, 0.3) is 0 Å². The van der Waals surface area contributed by atoms with E-state index in [4.69, 9.17) is 0 Å². The Labute approximate surface area is 375 Å². The molecule has 0 saturated carbocycles. The first-order chi connectivity index (χ1) is 29.6. The van der Waals surface area contributed by atoms with Crippen LogP contribution < -0.4 is 0 Å². The number of alkyl halides is 9. The molecule has 330 valence electrons. The van der Waals surface area contributed by atoms with Crippen LogP contribution in [0.1, 0.15) is 50.1 Å². The van der Waals surface area contributed by atoms with Gasteiger partial charge in [-0.05, 0) is 110 Å². The van der Waals surface area contributed by atoms with E-state index in [2.05, 4.69) is 33.5 Å². The molecule has 0 fully saturated rings. The molecule has 9 aromatic rings. The second-order valence-electron chi connectivity index (χ2n) is 15.0. The molecule has 0 aliphatic rings. The van der Waals surface area contributed by atoms with Crippen molar-refractivity contribution >= 4 is 16.6 Å². The Kier molecular flexibility index (Phi) is 13.3. The molecule has 0 aliphatic carbocycles. The molecule has 0 aliphatic heterocycles. The van der Waals surface area contributed by atoms with Crippen molar-refractivity contribution in [3.05, 3.63) is 178 Å². The van der Waals surface area contributed by atoms with Gasteiger partial charge in [-0.3, -0.25) is 13.5 Å². The van der Waals surface area contributed by atoms with Crippen LogP contribution in [0, 0.1) is 59.7 Å². The van der Waals surface area contributed by atoms with E-state index in [1.165, 1.54) is 36.4 Å². The quantitative estimate of drug-likeness (QED) is 0.131. The Hall–Kier alpha value is -6.25. The number of rotatable bonds is 3. The summed E-state index contributed by atoms with van der Waals surface area (Å²) in [6, 6.07) is 30.1. The number of hydrogen-bond acceptors (Lipinski definition) is 3. The molecular formula is C48H36F9IrN6. The Bertz CT molecular complexity index is 2670. The molecular weight excluding hydrogens is 1020 g/mol. The van der Waals surface area contributed by atoms with E-state index >= 15 is 0 Å². The smallest absolute Gasteiger partial charge is 0.250 e. The first kappa shape index (κ1) is 47.2. The van der Waals surface area contributed by atoms with Gasteiger partial charge in [0.1, 0.15) is 0 Å². The summed E-state index contributed by atoms with van der Waals surface area (Å²) in [7, 11) is 0. The van der Waals surface area contributed by atoms with E-state index in [9.17, 15) is 39.5 Å². The number of aryl methyl sites for hydroxylation is 6. The van der Waals surface area contributed by atoms with E-state index in [1.54, 1.807) is 31.7 Å². The molecule has 9 rings (SSSR count). The number of hydrogen-bond donors (Lipinski definition) is 0. The molecule has 16 heteroatoms. The zero-order valence-electron chi connectivity index (χ0n) is 34.8. The van der Waals surface area contributed by atoms with Gasteiger partial charge in [-0.2, -0.15) is 39.5 Å². The summed E-state index contributed by atoms with van der Waals surface area (Å²) < 4.78 is 122. The van der Waals surface area contributed by atoms with Crippen molar-refractivity contribution in [3.63, 3.8) is 0 Å². The predicted molar refractivity (Wildman–Crippen MR) is 222 cm³/mol. The summed E-state index contributed by atoms with van der Waals surface area (Å²) in [5, 5.41) is 12.7. The summed E-state index contributed by atoms with van der Waals surface area (Å²) in [5.74, 6) is 0. The van der Waals surface area contributed by atoms with Gasteiger partial charge in [0.15, 0.2) is 0 Å². The third-order valence-electron chi connectivity index (χ3n) is 10.5. The van der Waals surface area contributed by atoms with Crippen LogP contribution in [0.4, 0.5) is 39.5 Å². The zero-order chi connectivity index (χ0) is 45.6. The summed E-state index contributed by atoms with van der Waals surface area (Å²) in [4.78, 5) is 0. The molecule has 6 nitrogen and oxygen atoms in total. The van der Waals surface area contributed by atoms with Gasteiger partial charge in [0, 0.05) is 35.7 Å². The van der Waals surface area contributed by atoms with Gasteiger partial charge < -0.3 is 0 Å². The number of aromatic nitrogens is 6. The second-order valence-corrected chi connectivity index (χ2v) is 15.0. The number of nitrogens with zero attached hydrogens (tertiary/aromatic N) is 6. The molecule has 0 amide bonds. The second kappa shape index (κ2) is 18.1. The van der Waals surface area contributed by atoms with E-state index in [0.29, 0.717) is 0 Å². The van der Waals surface area contributed by atoms with E-state index < -0.39 is 35.2 Å².